The van der Waals surface area contributed by atoms with E-state index in [9.17, 15) is 0 Å². The number of rotatable bonds is 21. The third-order valence-electron chi connectivity index (χ3n) is 6.20. The Hall–Kier alpha value is -1.00. The van der Waals surface area contributed by atoms with E-state index in [0.29, 0.717) is 0 Å². The second kappa shape index (κ2) is 23.2. The first-order valence-corrected chi connectivity index (χ1v) is 12.9. The molecule has 0 radical (unpaired) electrons. The first kappa shape index (κ1) is 31.0. The number of nitrogens with zero attached hydrogens (tertiary/aromatic N) is 4. The number of unbranched alkanes of at least 4 members (excludes halogenated alkanes) is 17. The van der Waals surface area contributed by atoms with E-state index in [-0.39, 0.29) is 24.8 Å². The van der Waals surface area contributed by atoms with Gasteiger partial charge in [0.25, 0.3) is 0 Å². The van der Waals surface area contributed by atoms with E-state index >= 15 is 0 Å². The highest BCUT2D eigenvalue weighted by molar-refractivity contribution is 5.85. The molecule has 0 atom stereocenters. The van der Waals surface area contributed by atoms with Gasteiger partial charge in [-0.25, -0.2) is 9.97 Å². The van der Waals surface area contributed by atoms with Crippen molar-refractivity contribution < 1.29 is 0 Å². The van der Waals surface area contributed by atoms with Crippen LogP contribution in [-0.2, 0) is 13.1 Å². The third-order valence-corrected chi connectivity index (χ3v) is 6.20. The van der Waals surface area contributed by atoms with E-state index in [1.165, 1.54) is 116 Å². The van der Waals surface area contributed by atoms with Gasteiger partial charge >= 0.3 is 0 Å². The Labute approximate surface area is 209 Å². The van der Waals surface area contributed by atoms with Gasteiger partial charge in [0.1, 0.15) is 0 Å². The van der Waals surface area contributed by atoms with Gasteiger partial charge in [-0.2, -0.15) is 0 Å². The molecule has 2 heterocycles. The summed E-state index contributed by atoms with van der Waals surface area (Å²) in [5.41, 5.74) is 0. The van der Waals surface area contributed by atoms with Gasteiger partial charge in [-0.05, 0) is 12.8 Å². The van der Waals surface area contributed by atoms with Crippen molar-refractivity contribution in [1.29, 1.82) is 0 Å². The van der Waals surface area contributed by atoms with Crippen LogP contribution in [0.4, 0.5) is 0 Å². The lowest BCUT2D eigenvalue weighted by atomic mass is 10.0. The Morgan fingerprint density at radius 3 is 0.844 bits per heavy atom. The molecule has 2 aromatic heterocycles. The average Bonchev–Trinajstić information content (AvgIpc) is 3.46. The topological polar surface area (TPSA) is 35.6 Å². The summed E-state index contributed by atoms with van der Waals surface area (Å²) in [6.07, 6.45) is 37.2. The predicted molar refractivity (Wildman–Crippen MR) is 142 cm³/mol. The van der Waals surface area contributed by atoms with E-state index in [4.69, 9.17) is 0 Å². The predicted octanol–water partition coefficient (Wildman–Crippen LogP) is 8.65. The molecule has 4 nitrogen and oxygen atoms in total. The Morgan fingerprint density at radius 2 is 0.625 bits per heavy atom. The molecule has 0 aliphatic rings. The minimum absolute atomic E-state index is 0. The monoisotopic (exact) mass is 486 g/mol. The van der Waals surface area contributed by atoms with Gasteiger partial charge in [-0.15, -0.1) is 24.8 Å². The molecule has 186 valence electrons. The van der Waals surface area contributed by atoms with E-state index in [1.54, 1.807) is 0 Å². The molecule has 0 bridgehead atoms. The van der Waals surface area contributed by atoms with Gasteiger partial charge in [0.2, 0.25) is 0 Å². The lowest BCUT2D eigenvalue weighted by molar-refractivity contribution is 0.514. The fraction of sp³-hybridized carbons (Fsp3) is 0.769. The molecule has 0 N–H and O–H groups in total. The number of imidazole rings is 2. The van der Waals surface area contributed by atoms with Crippen LogP contribution in [0.3, 0.4) is 0 Å². The van der Waals surface area contributed by atoms with Crippen molar-refractivity contribution in [2.24, 2.45) is 0 Å². The maximum atomic E-state index is 4.09. The minimum atomic E-state index is 0. The largest absolute Gasteiger partial charge is 0.337 e. The quantitative estimate of drug-likeness (QED) is 0.165. The molecule has 0 spiro atoms. The van der Waals surface area contributed by atoms with Crippen LogP contribution in [0.1, 0.15) is 116 Å². The fourth-order valence-corrected chi connectivity index (χ4v) is 4.26. The molecule has 0 aliphatic heterocycles. The molecule has 0 saturated heterocycles. The second-order valence-corrected chi connectivity index (χ2v) is 8.96. The first-order valence-electron chi connectivity index (χ1n) is 12.9. The maximum absolute atomic E-state index is 4.09. The minimum Gasteiger partial charge on any atom is -0.337 e. The van der Waals surface area contributed by atoms with Crippen molar-refractivity contribution in [3.8, 4) is 0 Å². The van der Waals surface area contributed by atoms with Crippen molar-refractivity contribution in [3.63, 3.8) is 0 Å². The van der Waals surface area contributed by atoms with Crippen LogP contribution in [0.5, 0.6) is 0 Å². The number of aromatic nitrogens is 4. The summed E-state index contributed by atoms with van der Waals surface area (Å²) in [6, 6.07) is 0. The molecule has 2 rings (SSSR count). The summed E-state index contributed by atoms with van der Waals surface area (Å²) in [5.74, 6) is 0. The zero-order chi connectivity index (χ0) is 21.0. The highest BCUT2D eigenvalue weighted by Crippen LogP contribution is 2.14. The van der Waals surface area contributed by atoms with Crippen LogP contribution in [-0.4, -0.2) is 19.1 Å². The number of hydrogen-bond donors (Lipinski definition) is 0. The van der Waals surface area contributed by atoms with Crippen molar-refractivity contribution in [2.45, 2.75) is 129 Å². The van der Waals surface area contributed by atoms with Crippen molar-refractivity contribution >= 4 is 24.8 Å². The molecule has 32 heavy (non-hydrogen) atoms. The van der Waals surface area contributed by atoms with Crippen LogP contribution in [0.15, 0.2) is 37.4 Å². The summed E-state index contributed by atoms with van der Waals surface area (Å²) in [7, 11) is 0. The van der Waals surface area contributed by atoms with Crippen LogP contribution >= 0.6 is 24.8 Å². The fourth-order valence-electron chi connectivity index (χ4n) is 4.26. The van der Waals surface area contributed by atoms with Gasteiger partial charge in [0, 0.05) is 37.9 Å². The first-order chi connectivity index (χ1) is 14.9. The molecule has 0 saturated carbocycles. The van der Waals surface area contributed by atoms with Crippen LogP contribution < -0.4 is 0 Å². The standard InChI is InChI=1S/C26H46N4.2ClH/c1(3-5-7-9-11-13-15-17-21-29-23-19-27-25-29)2-4-6-8-10-12-14-16-18-22-30-24-20-28-26-30;;/h19-20,23-26H,1-18,21-22H2;2*1H. The second-order valence-electron chi connectivity index (χ2n) is 8.96. The highest BCUT2D eigenvalue weighted by atomic mass is 35.5. The average molecular weight is 488 g/mol. The van der Waals surface area contributed by atoms with Crippen LogP contribution in [0, 0.1) is 0 Å². The van der Waals surface area contributed by atoms with Gasteiger partial charge in [-0.1, -0.05) is 103 Å². The van der Waals surface area contributed by atoms with E-state index in [1.807, 2.05) is 25.0 Å². The Kier molecular flexibility index (Phi) is 22.4. The summed E-state index contributed by atoms with van der Waals surface area (Å²) < 4.78 is 4.37. The number of halogens is 2. The number of aryl methyl sites for hydroxylation is 2. The molecule has 0 unspecified atom stereocenters. The Balaban J connectivity index is 0.00000480. The van der Waals surface area contributed by atoms with Crippen LogP contribution in [0.2, 0.25) is 0 Å². The van der Waals surface area contributed by atoms with Crippen molar-refractivity contribution in [3.05, 3.63) is 37.4 Å². The maximum Gasteiger partial charge on any atom is 0.0945 e. The molecule has 0 aliphatic carbocycles. The summed E-state index contributed by atoms with van der Waals surface area (Å²) in [6.45, 7) is 2.26. The van der Waals surface area contributed by atoms with E-state index < -0.39 is 0 Å². The van der Waals surface area contributed by atoms with Crippen molar-refractivity contribution in [2.75, 3.05) is 0 Å². The molecule has 6 heteroatoms. The zero-order valence-corrected chi connectivity index (χ0v) is 21.8. The van der Waals surface area contributed by atoms with Gasteiger partial charge in [0.05, 0.1) is 12.7 Å². The zero-order valence-electron chi connectivity index (χ0n) is 20.2. The lowest BCUT2D eigenvalue weighted by Gasteiger charge is -2.05. The number of hydrogen-bond acceptors (Lipinski definition) is 2. The summed E-state index contributed by atoms with van der Waals surface area (Å²) >= 11 is 0. The molecule has 0 aromatic carbocycles. The van der Waals surface area contributed by atoms with E-state index in [2.05, 4.69) is 31.5 Å². The van der Waals surface area contributed by atoms with Crippen molar-refractivity contribution in [1.82, 2.24) is 19.1 Å². The third kappa shape index (κ3) is 17.5. The van der Waals surface area contributed by atoms with E-state index in [0.717, 1.165) is 13.1 Å². The lowest BCUT2D eigenvalue weighted by Crippen LogP contribution is -1.94. The summed E-state index contributed by atoms with van der Waals surface area (Å²) in [5, 5.41) is 0. The smallest absolute Gasteiger partial charge is 0.0945 e. The van der Waals surface area contributed by atoms with Gasteiger partial charge in [0.15, 0.2) is 0 Å². The molecule has 0 fully saturated rings. The molecule has 0 amide bonds. The summed E-state index contributed by atoms with van der Waals surface area (Å²) in [4.78, 5) is 8.18. The molecular formula is C26H48Cl2N4. The normalized spacial score (nSPS) is 10.6. The highest BCUT2D eigenvalue weighted by Gasteiger charge is 1.96. The molecule has 2 aromatic rings. The van der Waals surface area contributed by atoms with Gasteiger partial charge in [-0.3, -0.25) is 0 Å². The Bertz CT molecular complexity index is 520. The Morgan fingerprint density at radius 1 is 0.375 bits per heavy atom. The van der Waals surface area contributed by atoms with Crippen LogP contribution in [0.25, 0.3) is 0 Å². The molecular weight excluding hydrogens is 439 g/mol. The SMILES string of the molecule is Cl.Cl.c1cn(CCCCCCCCCCCCCCCCCCCCn2ccnc2)cn1. The van der Waals surface area contributed by atoms with Gasteiger partial charge < -0.3 is 9.13 Å².